The molecule has 1 aliphatic carbocycles. The Morgan fingerprint density at radius 2 is 2.00 bits per heavy atom. The van der Waals surface area contributed by atoms with Gasteiger partial charge in [-0.15, -0.1) is 0 Å². The SMILES string of the molecule is Cc1ccc2c(c1)c1c(n2CC(=O)CCC2CCCCC2)CCN(C)C1. The fourth-order valence-electron chi connectivity index (χ4n) is 4.98. The molecule has 26 heavy (non-hydrogen) atoms. The normalized spacial score (nSPS) is 19.0. The van der Waals surface area contributed by atoms with E-state index in [1.807, 2.05) is 0 Å². The Kier molecular flexibility index (Phi) is 5.17. The van der Waals surface area contributed by atoms with Crippen molar-refractivity contribution in [3.05, 3.63) is 35.0 Å². The molecular weight excluding hydrogens is 320 g/mol. The Bertz CT molecular complexity index is 798. The zero-order valence-corrected chi connectivity index (χ0v) is 16.4. The number of likely N-dealkylation sites (N-methyl/N-ethyl adjacent to an activating group) is 1. The van der Waals surface area contributed by atoms with E-state index < -0.39 is 0 Å². The van der Waals surface area contributed by atoms with Gasteiger partial charge in [0.25, 0.3) is 0 Å². The van der Waals surface area contributed by atoms with Gasteiger partial charge in [0.2, 0.25) is 0 Å². The molecule has 1 aliphatic heterocycles. The van der Waals surface area contributed by atoms with Gasteiger partial charge in [-0.1, -0.05) is 43.7 Å². The van der Waals surface area contributed by atoms with Crippen LogP contribution in [0.2, 0.25) is 0 Å². The van der Waals surface area contributed by atoms with Crippen molar-refractivity contribution in [2.45, 2.75) is 71.4 Å². The first kappa shape index (κ1) is 17.8. The monoisotopic (exact) mass is 352 g/mol. The topological polar surface area (TPSA) is 25.2 Å². The summed E-state index contributed by atoms with van der Waals surface area (Å²) in [6.07, 6.45) is 9.69. The van der Waals surface area contributed by atoms with Gasteiger partial charge in [-0.3, -0.25) is 4.79 Å². The molecule has 1 aromatic carbocycles. The number of rotatable bonds is 5. The van der Waals surface area contributed by atoms with E-state index in [-0.39, 0.29) is 0 Å². The van der Waals surface area contributed by atoms with E-state index in [4.69, 9.17) is 0 Å². The Morgan fingerprint density at radius 3 is 2.81 bits per heavy atom. The first-order chi connectivity index (χ1) is 12.6. The van der Waals surface area contributed by atoms with Crippen LogP contribution < -0.4 is 0 Å². The van der Waals surface area contributed by atoms with Gasteiger partial charge >= 0.3 is 0 Å². The number of hydrogen-bond donors (Lipinski definition) is 0. The lowest BCUT2D eigenvalue weighted by Gasteiger charge is -2.24. The number of nitrogens with zero attached hydrogens (tertiary/aromatic N) is 2. The van der Waals surface area contributed by atoms with Gasteiger partial charge in [-0.05, 0) is 44.0 Å². The van der Waals surface area contributed by atoms with Gasteiger partial charge in [-0.2, -0.15) is 0 Å². The second kappa shape index (κ2) is 7.56. The van der Waals surface area contributed by atoms with Gasteiger partial charge in [0.05, 0.1) is 6.54 Å². The van der Waals surface area contributed by atoms with Crippen LogP contribution in [0.4, 0.5) is 0 Å². The van der Waals surface area contributed by atoms with Crippen molar-refractivity contribution >= 4 is 16.7 Å². The van der Waals surface area contributed by atoms with E-state index in [9.17, 15) is 4.79 Å². The number of Topliss-reactive ketones (excluding diaryl/α,β-unsaturated/α-hetero) is 1. The fourth-order valence-corrected chi connectivity index (χ4v) is 4.98. The molecule has 1 fully saturated rings. The third kappa shape index (κ3) is 3.59. The number of aryl methyl sites for hydroxylation is 1. The first-order valence-electron chi connectivity index (χ1n) is 10.4. The van der Waals surface area contributed by atoms with Crippen molar-refractivity contribution in [3.63, 3.8) is 0 Å². The Labute approximate surface area is 157 Å². The van der Waals surface area contributed by atoms with Crippen LogP contribution in [0.25, 0.3) is 10.9 Å². The highest BCUT2D eigenvalue weighted by Crippen LogP contribution is 2.32. The molecule has 140 valence electrons. The van der Waals surface area contributed by atoms with Gasteiger partial charge in [0.1, 0.15) is 0 Å². The molecule has 4 rings (SSSR count). The van der Waals surface area contributed by atoms with Gasteiger partial charge < -0.3 is 9.47 Å². The molecule has 0 saturated heterocycles. The Morgan fingerprint density at radius 1 is 1.19 bits per heavy atom. The molecule has 0 spiro atoms. The third-order valence-corrected chi connectivity index (χ3v) is 6.49. The van der Waals surface area contributed by atoms with Crippen molar-refractivity contribution in [3.8, 4) is 0 Å². The number of carbonyl (C=O) groups is 1. The van der Waals surface area contributed by atoms with Crippen LogP contribution in [0.3, 0.4) is 0 Å². The van der Waals surface area contributed by atoms with Gasteiger partial charge in [-0.25, -0.2) is 0 Å². The van der Waals surface area contributed by atoms with Gasteiger partial charge in [0.15, 0.2) is 5.78 Å². The molecule has 2 aromatic rings. The maximum absolute atomic E-state index is 12.8. The molecule has 1 saturated carbocycles. The zero-order chi connectivity index (χ0) is 18.1. The molecule has 1 aromatic heterocycles. The average Bonchev–Trinajstić information content (AvgIpc) is 2.93. The van der Waals surface area contributed by atoms with Crippen molar-refractivity contribution in [2.24, 2.45) is 5.92 Å². The molecule has 3 heteroatoms. The third-order valence-electron chi connectivity index (χ3n) is 6.49. The summed E-state index contributed by atoms with van der Waals surface area (Å²) < 4.78 is 2.33. The molecule has 0 bridgehead atoms. The number of hydrogen-bond acceptors (Lipinski definition) is 2. The molecule has 3 nitrogen and oxygen atoms in total. The molecule has 2 heterocycles. The van der Waals surface area contributed by atoms with E-state index >= 15 is 0 Å². The summed E-state index contributed by atoms with van der Waals surface area (Å²) >= 11 is 0. The minimum Gasteiger partial charge on any atom is -0.337 e. The summed E-state index contributed by atoms with van der Waals surface area (Å²) in [5, 5.41) is 1.35. The van der Waals surface area contributed by atoms with Crippen molar-refractivity contribution < 1.29 is 4.79 Å². The van der Waals surface area contributed by atoms with Crippen molar-refractivity contribution in [2.75, 3.05) is 13.6 Å². The minimum atomic E-state index is 0.412. The van der Waals surface area contributed by atoms with E-state index in [1.165, 1.54) is 59.8 Å². The smallest absolute Gasteiger partial charge is 0.152 e. The van der Waals surface area contributed by atoms with Crippen LogP contribution in [0.5, 0.6) is 0 Å². The highest BCUT2D eigenvalue weighted by molar-refractivity contribution is 5.88. The second-order valence-electron chi connectivity index (χ2n) is 8.60. The van der Waals surface area contributed by atoms with Crippen LogP contribution in [0.15, 0.2) is 18.2 Å². The quantitative estimate of drug-likeness (QED) is 0.767. The van der Waals surface area contributed by atoms with Crippen LogP contribution in [0, 0.1) is 12.8 Å². The molecule has 0 unspecified atom stereocenters. The van der Waals surface area contributed by atoms with E-state index in [1.54, 1.807) is 0 Å². The van der Waals surface area contributed by atoms with E-state index in [2.05, 4.69) is 41.6 Å². The Hall–Kier alpha value is -1.61. The van der Waals surface area contributed by atoms with E-state index in [0.29, 0.717) is 12.3 Å². The number of carbonyl (C=O) groups excluding carboxylic acids is 1. The number of aromatic nitrogens is 1. The highest BCUT2D eigenvalue weighted by atomic mass is 16.1. The van der Waals surface area contributed by atoms with Crippen LogP contribution in [0.1, 0.15) is 61.8 Å². The lowest BCUT2D eigenvalue weighted by Crippen LogP contribution is -2.28. The first-order valence-corrected chi connectivity index (χ1v) is 10.4. The average molecular weight is 353 g/mol. The molecule has 0 N–H and O–H groups in total. The summed E-state index contributed by atoms with van der Waals surface area (Å²) in [5.74, 6) is 1.20. The molecule has 2 aliphatic rings. The lowest BCUT2D eigenvalue weighted by atomic mass is 9.85. The lowest BCUT2D eigenvalue weighted by molar-refractivity contribution is -0.119. The zero-order valence-electron chi connectivity index (χ0n) is 16.4. The largest absolute Gasteiger partial charge is 0.337 e. The number of fused-ring (bicyclic) bond motifs is 3. The van der Waals surface area contributed by atoms with Crippen LogP contribution >= 0.6 is 0 Å². The number of ketones is 1. The van der Waals surface area contributed by atoms with Crippen molar-refractivity contribution in [1.82, 2.24) is 9.47 Å². The summed E-state index contributed by atoms with van der Waals surface area (Å²) in [7, 11) is 2.19. The number of benzene rings is 1. The molecule has 0 radical (unpaired) electrons. The predicted molar refractivity (Wildman–Crippen MR) is 108 cm³/mol. The highest BCUT2D eigenvalue weighted by Gasteiger charge is 2.23. The van der Waals surface area contributed by atoms with E-state index in [0.717, 1.165) is 38.3 Å². The maximum atomic E-state index is 12.8. The summed E-state index contributed by atoms with van der Waals surface area (Å²) in [5.41, 5.74) is 5.39. The van der Waals surface area contributed by atoms with Crippen LogP contribution in [-0.4, -0.2) is 28.8 Å². The maximum Gasteiger partial charge on any atom is 0.152 e. The molecule has 0 atom stereocenters. The van der Waals surface area contributed by atoms with Crippen molar-refractivity contribution in [1.29, 1.82) is 0 Å². The fraction of sp³-hybridized carbons (Fsp3) is 0.609. The summed E-state index contributed by atoms with van der Waals surface area (Å²) in [4.78, 5) is 15.2. The van der Waals surface area contributed by atoms with Gasteiger partial charge in [0, 0.05) is 42.5 Å². The summed E-state index contributed by atoms with van der Waals surface area (Å²) in [6, 6.07) is 6.70. The minimum absolute atomic E-state index is 0.412. The summed E-state index contributed by atoms with van der Waals surface area (Å²) in [6.45, 7) is 4.80. The molecule has 0 amide bonds. The van der Waals surface area contributed by atoms with Crippen LogP contribution in [-0.2, 0) is 24.3 Å². The second-order valence-corrected chi connectivity index (χ2v) is 8.60. The molecular formula is C23H32N2O. The predicted octanol–water partition coefficient (Wildman–Crippen LogP) is 4.87. The Balaban J connectivity index is 1.55. The standard InChI is InChI=1S/C23H32N2O/c1-17-8-11-22-20(14-17)21-16-24(2)13-12-23(21)25(22)15-19(26)10-9-18-6-4-3-5-7-18/h8,11,14,18H,3-7,9-10,12-13,15-16H2,1-2H3.